The second-order valence-electron chi connectivity index (χ2n) is 6.39. The lowest BCUT2D eigenvalue weighted by molar-refractivity contribution is -0.384. The molecule has 0 radical (unpaired) electrons. The van der Waals surface area contributed by atoms with Gasteiger partial charge in [0.25, 0.3) is 5.69 Å². The van der Waals surface area contributed by atoms with Crippen LogP contribution in [0.15, 0.2) is 65.8 Å². The molecular formula is C21H20N4O3. The fraction of sp³-hybridized carbons (Fsp3) is 0.143. The molecule has 2 aromatic carbocycles. The van der Waals surface area contributed by atoms with Gasteiger partial charge in [0.05, 0.1) is 17.6 Å². The molecule has 0 saturated heterocycles. The molecule has 1 heterocycles. The summed E-state index contributed by atoms with van der Waals surface area (Å²) in [5.74, 6) is -0.188. The van der Waals surface area contributed by atoms with Gasteiger partial charge >= 0.3 is 0 Å². The average Bonchev–Trinajstić information content (AvgIpc) is 2.96. The maximum absolute atomic E-state index is 12.0. The number of nitrogens with one attached hydrogen (secondary N) is 1. The first-order valence-electron chi connectivity index (χ1n) is 8.75. The van der Waals surface area contributed by atoms with E-state index in [1.165, 1.54) is 12.1 Å². The van der Waals surface area contributed by atoms with E-state index in [0.717, 1.165) is 28.2 Å². The highest BCUT2D eigenvalue weighted by atomic mass is 16.6. The molecule has 142 valence electrons. The standard InChI is InChI=1S/C21H20N4O3/c1-15-12-18(14-22-23-21(26)13-17-6-4-3-5-7-17)16(2)24(15)19-8-10-20(11-9-19)25(27)28/h3-12,14H,13H2,1-2H3,(H,23,26)/b22-14-. The molecule has 7 heteroatoms. The molecule has 0 aliphatic carbocycles. The molecule has 3 rings (SSSR count). The minimum absolute atomic E-state index is 0.0501. The molecule has 0 saturated carbocycles. The Morgan fingerprint density at radius 1 is 1.14 bits per heavy atom. The molecule has 0 fully saturated rings. The highest BCUT2D eigenvalue weighted by Crippen LogP contribution is 2.22. The Kier molecular flexibility index (Phi) is 5.64. The second kappa shape index (κ2) is 8.30. The summed E-state index contributed by atoms with van der Waals surface area (Å²) in [5, 5.41) is 14.9. The smallest absolute Gasteiger partial charge is 0.269 e. The molecule has 1 aromatic heterocycles. The van der Waals surface area contributed by atoms with Gasteiger partial charge in [-0.2, -0.15) is 5.10 Å². The summed E-state index contributed by atoms with van der Waals surface area (Å²) in [7, 11) is 0. The van der Waals surface area contributed by atoms with Crippen LogP contribution in [0.5, 0.6) is 0 Å². The van der Waals surface area contributed by atoms with Gasteiger partial charge in [-0.3, -0.25) is 14.9 Å². The predicted octanol–water partition coefficient (Wildman–Crippen LogP) is 3.70. The zero-order valence-electron chi connectivity index (χ0n) is 15.6. The molecule has 28 heavy (non-hydrogen) atoms. The van der Waals surface area contributed by atoms with E-state index in [1.54, 1.807) is 18.3 Å². The average molecular weight is 376 g/mol. The first kappa shape index (κ1) is 19.0. The number of carbonyl (C=O) groups is 1. The first-order chi connectivity index (χ1) is 13.5. The van der Waals surface area contributed by atoms with Crippen molar-refractivity contribution in [3.8, 4) is 5.69 Å². The summed E-state index contributed by atoms with van der Waals surface area (Å²) in [6.45, 7) is 3.88. The Morgan fingerprint density at radius 3 is 2.46 bits per heavy atom. The van der Waals surface area contributed by atoms with Crippen molar-refractivity contribution in [3.05, 3.63) is 93.3 Å². The van der Waals surface area contributed by atoms with Crippen LogP contribution in [-0.2, 0) is 11.2 Å². The molecule has 3 aromatic rings. The van der Waals surface area contributed by atoms with Gasteiger partial charge < -0.3 is 4.57 Å². The van der Waals surface area contributed by atoms with Gasteiger partial charge in [-0.1, -0.05) is 30.3 Å². The van der Waals surface area contributed by atoms with Crippen LogP contribution < -0.4 is 5.43 Å². The number of benzene rings is 2. The quantitative estimate of drug-likeness (QED) is 0.404. The molecule has 0 unspecified atom stereocenters. The third kappa shape index (κ3) is 4.32. The van der Waals surface area contributed by atoms with E-state index < -0.39 is 4.92 Å². The molecule has 0 spiro atoms. The number of aryl methyl sites for hydroxylation is 1. The van der Waals surface area contributed by atoms with Crippen LogP contribution in [0.1, 0.15) is 22.5 Å². The van der Waals surface area contributed by atoms with Gasteiger partial charge in [0.1, 0.15) is 0 Å². The van der Waals surface area contributed by atoms with Gasteiger partial charge in [-0.25, -0.2) is 5.43 Å². The summed E-state index contributed by atoms with van der Waals surface area (Å²) in [4.78, 5) is 22.4. The van der Waals surface area contributed by atoms with Crippen molar-refractivity contribution >= 4 is 17.8 Å². The third-order valence-corrected chi connectivity index (χ3v) is 4.39. The molecular weight excluding hydrogens is 356 g/mol. The van der Waals surface area contributed by atoms with Crippen LogP contribution in [0, 0.1) is 24.0 Å². The van der Waals surface area contributed by atoms with Crippen molar-refractivity contribution in [1.82, 2.24) is 9.99 Å². The van der Waals surface area contributed by atoms with Crippen molar-refractivity contribution in [3.63, 3.8) is 0 Å². The largest absolute Gasteiger partial charge is 0.318 e. The first-order valence-corrected chi connectivity index (χ1v) is 8.75. The van der Waals surface area contributed by atoms with E-state index in [0.29, 0.717) is 0 Å². The zero-order chi connectivity index (χ0) is 20.1. The SMILES string of the molecule is Cc1cc(/C=N\NC(=O)Cc2ccccc2)c(C)n1-c1ccc([N+](=O)[O-])cc1. The Balaban J connectivity index is 1.71. The predicted molar refractivity (Wildman–Crippen MR) is 108 cm³/mol. The van der Waals surface area contributed by atoms with E-state index in [4.69, 9.17) is 0 Å². The number of carbonyl (C=O) groups excluding carboxylic acids is 1. The van der Waals surface area contributed by atoms with Crippen molar-refractivity contribution < 1.29 is 9.72 Å². The summed E-state index contributed by atoms with van der Waals surface area (Å²) in [6.07, 6.45) is 1.87. The lowest BCUT2D eigenvalue weighted by Gasteiger charge is -2.09. The monoisotopic (exact) mass is 376 g/mol. The van der Waals surface area contributed by atoms with Crippen LogP contribution in [-0.4, -0.2) is 21.6 Å². The highest BCUT2D eigenvalue weighted by molar-refractivity contribution is 5.84. The minimum atomic E-state index is -0.421. The topological polar surface area (TPSA) is 89.5 Å². The summed E-state index contributed by atoms with van der Waals surface area (Å²) >= 11 is 0. The zero-order valence-corrected chi connectivity index (χ0v) is 15.6. The number of hydrogen-bond acceptors (Lipinski definition) is 4. The van der Waals surface area contributed by atoms with E-state index >= 15 is 0 Å². The van der Waals surface area contributed by atoms with Gasteiger partial charge in [-0.05, 0) is 37.6 Å². The van der Waals surface area contributed by atoms with Crippen LogP contribution in [0.2, 0.25) is 0 Å². The van der Waals surface area contributed by atoms with E-state index in [2.05, 4.69) is 10.5 Å². The molecule has 0 aliphatic rings. The fourth-order valence-electron chi connectivity index (χ4n) is 3.03. The maximum Gasteiger partial charge on any atom is 0.269 e. The molecule has 0 bridgehead atoms. The minimum Gasteiger partial charge on any atom is -0.318 e. The summed E-state index contributed by atoms with van der Waals surface area (Å²) in [6, 6.07) is 17.8. The number of aromatic nitrogens is 1. The highest BCUT2D eigenvalue weighted by Gasteiger charge is 2.11. The fourth-order valence-corrected chi connectivity index (χ4v) is 3.03. The van der Waals surface area contributed by atoms with E-state index in [1.807, 2.05) is 54.8 Å². The van der Waals surface area contributed by atoms with Gasteiger partial charge in [-0.15, -0.1) is 0 Å². The third-order valence-electron chi connectivity index (χ3n) is 4.39. The molecule has 0 aliphatic heterocycles. The number of hydrazone groups is 1. The number of nitro benzene ring substituents is 1. The number of amides is 1. The van der Waals surface area contributed by atoms with Crippen LogP contribution in [0.25, 0.3) is 5.69 Å². The Hall–Kier alpha value is -3.74. The van der Waals surface area contributed by atoms with Crippen molar-refractivity contribution in [2.45, 2.75) is 20.3 Å². The van der Waals surface area contributed by atoms with Crippen molar-refractivity contribution in [2.75, 3.05) is 0 Å². The number of rotatable bonds is 6. The summed E-state index contributed by atoms with van der Waals surface area (Å²) < 4.78 is 1.98. The van der Waals surface area contributed by atoms with Crippen LogP contribution in [0.3, 0.4) is 0 Å². The lowest BCUT2D eigenvalue weighted by Crippen LogP contribution is -2.19. The van der Waals surface area contributed by atoms with Crippen molar-refractivity contribution in [1.29, 1.82) is 0 Å². The molecule has 7 nitrogen and oxygen atoms in total. The van der Waals surface area contributed by atoms with Crippen LogP contribution >= 0.6 is 0 Å². The van der Waals surface area contributed by atoms with Gasteiger partial charge in [0.15, 0.2) is 0 Å². The number of nitro groups is 1. The van der Waals surface area contributed by atoms with E-state index in [9.17, 15) is 14.9 Å². The Morgan fingerprint density at radius 2 is 1.82 bits per heavy atom. The van der Waals surface area contributed by atoms with Crippen LogP contribution in [0.4, 0.5) is 5.69 Å². The Labute approximate surface area is 162 Å². The normalized spacial score (nSPS) is 10.9. The van der Waals surface area contributed by atoms with Gasteiger partial charge in [0, 0.05) is 34.8 Å². The molecule has 1 amide bonds. The molecule has 1 N–H and O–H groups in total. The van der Waals surface area contributed by atoms with E-state index in [-0.39, 0.29) is 18.0 Å². The second-order valence-corrected chi connectivity index (χ2v) is 6.39. The number of nitrogens with zero attached hydrogens (tertiary/aromatic N) is 3. The van der Waals surface area contributed by atoms with Gasteiger partial charge in [0.2, 0.25) is 5.91 Å². The lowest BCUT2D eigenvalue weighted by atomic mass is 10.1. The number of non-ortho nitro benzene ring substituents is 1. The maximum atomic E-state index is 12.0. The van der Waals surface area contributed by atoms with Crippen molar-refractivity contribution in [2.24, 2.45) is 5.10 Å². The Bertz CT molecular complexity index is 1020. The molecule has 0 atom stereocenters. The summed E-state index contributed by atoms with van der Waals surface area (Å²) in [5.41, 5.74) is 7.08. The number of hydrogen-bond donors (Lipinski definition) is 1.